The molecule has 0 saturated carbocycles. The third-order valence-electron chi connectivity index (χ3n) is 3.68. The predicted octanol–water partition coefficient (Wildman–Crippen LogP) is 2.61. The molecule has 0 aliphatic carbocycles. The number of rotatable bonds is 10. The lowest BCUT2D eigenvalue weighted by molar-refractivity contribution is 0.107. The van der Waals surface area contributed by atoms with Crippen molar-refractivity contribution in [3.8, 4) is 0 Å². The number of likely N-dealkylation sites (N-methyl/N-ethyl adjacent to an activating group) is 1. The summed E-state index contributed by atoms with van der Waals surface area (Å²) in [5.74, 6) is 0. The Morgan fingerprint density at radius 3 is 2.10 bits per heavy atom. The number of nitrogens with one attached hydrogen (secondary N) is 1. The van der Waals surface area contributed by atoms with Gasteiger partial charge in [0.25, 0.3) is 0 Å². The van der Waals surface area contributed by atoms with Gasteiger partial charge in [-0.3, -0.25) is 0 Å². The van der Waals surface area contributed by atoms with E-state index < -0.39 is 0 Å². The van der Waals surface area contributed by atoms with Gasteiger partial charge in [0.2, 0.25) is 0 Å². The summed E-state index contributed by atoms with van der Waals surface area (Å²) in [6.45, 7) is 10.5. The number of hydrogen-bond acceptors (Lipinski definition) is 3. The molecule has 0 aliphatic rings. The van der Waals surface area contributed by atoms with Crippen LogP contribution in [-0.4, -0.2) is 42.8 Å². The maximum Gasteiger partial charge on any atom is 0.0797 e. The van der Waals surface area contributed by atoms with Crippen LogP contribution in [0.3, 0.4) is 0 Å². The van der Waals surface area contributed by atoms with Gasteiger partial charge < -0.3 is 15.3 Å². The van der Waals surface area contributed by atoms with Crippen LogP contribution in [0, 0.1) is 0 Å². The predicted molar refractivity (Wildman–Crippen MR) is 85.9 cm³/mol. The summed E-state index contributed by atoms with van der Waals surface area (Å²) < 4.78 is 0. The van der Waals surface area contributed by atoms with Gasteiger partial charge >= 0.3 is 0 Å². The van der Waals surface area contributed by atoms with Crippen molar-refractivity contribution in [1.29, 1.82) is 0 Å². The highest BCUT2D eigenvalue weighted by molar-refractivity contribution is 5.25. The normalized spacial score (nSPS) is 14.4. The molecule has 1 aromatic rings. The zero-order chi connectivity index (χ0) is 14.8. The van der Waals surface area contributed by atoms with Gasteiger partial charge in [-0.15, -0.1) is 0 Å². The Kier molecular flexibility index (Phi) is 7.82. The molecule has 0 amide bonds. The molecule has 1 aromatic carbocycles. The summed E-state index contributed by atoms with van der Waals surface area (Å²) in [6.07, 6.45) is 2.28. The second kappa shape index (κ2) is 9.11. The van der Waals surface area contributed by atoms with Crippen molar-refractivity contribution in [3.05, 3.63) is 35.9 Å². The van der Waals surface area contributed by atoms with Gasteiger partial charge in [-0.05, 0) is 38.0 Å². The topological polar surface area (TPSA) is 35.5 Å². The summed E-state index contributed by atoms with van der Waals surface area (Å²) in [4.78, 5) is 2.45. The SMILES string of the molecule is CCCN(CCC)CC(CO)(NCC)c1ccccc1. The summed E-state index contributed by atoms with van der Waals surface area (Å²) in [5, 5.41) is 13.6. The highest BCUT2D eigenvalue weighted by atomic mass is 16.3. The lowest BCUT2D eigenvalue weighted by Crippen LogP contribution is -2.54. The van der Waals surface area contributed by atoms with E-state index in [0.29, 0.717) is 0 Å². The third-order valence-corrected chi connectivity index (χ3v) is 3.68. The maximum absolute atomic E-state index is 10.1. The van der Waals surface area contributed by atoms with E-state index in [1.165, 1.54) is 5.56 Å². The quantitative estimate of drug-likeness (QED) is 0.690. The van der Waals surface area contributed by atoms with Gasteiger partial charge in [-0.2, -0.15) is 0 Å². The van der Waals surface area contributed by atoms with Crippen molar-refractivity contribution in [2.75, 3.05) is 32.8 Å². The molecule has 3 heteroatoms. The second-order valence-corrected chi connectivity index (χ2v) is 5.41. The average molecular weight is 278 g/mol. The van der Waals surface area contributed by atoms with E-state index in [9.17, 15) is 5.11 Å². The first kappa shape index (κ1) is 17.2. The van der Waals surface area contributed by atoms with Crippen molar-refractivity contribution in [2.45, 2.75) is 39.2 Å². The molecule has 1 atom stereocenters. The number of aliphatic hydroxyl groups excluding tert-OH is 1. The molecule has 0 bridgehead atoms. The minimum Gasteiger partial charge on any atom is -0.394 e. The van der Waals surface area contributed by atoms with Gasteiger partial charge in [0, 0.05) is 6.54 Å². The molecule has 3 nitrogen and oxygen atoms in total. The fraction of sp³-hybridized carbons (Fsp3) is 0.647. The van der Waals surface area contributed by atoms with E-state index in [2.05, 4.69) is 43.1 Å². The zero-order valence-corrected chi connectivity index (χ0v) is 13.2. The first-order valence-electron chi connectivity index (χ1n) is 7.86. The molecule has 0 fully saturated rings. The van der Waals surface area contributed by atoms with Crippen LogP contribution in [0.2, 0.25) is 0 Å². The van der Waals surface area contributed by atoms with Crippen molar-refractivity contribution >= 4 is 0 Å². The Hall–Kier alpha value is -0.900. The Labute approximate surface area is 124 Å². The first-order valence-corrected chi connectivity index (χ1v) is 7.86. The fourth-order valence-electron chi connectivity index (χ4n) is 2.83. The molecule has 0 saturated heterocycles. The van der Waals surface area contributed by atoms with Crippen LogP contribution in [0.4, 0.5) is 0 Å². The van der Waals surface area contributed by atoms with Gasteiger partial charge in [0.05, 0.1) is 12.1 Å². The standard InChI is InChI=1S/C17H30N2O/c1-4-12-19(13-5-2)14-17(15-20,18-6-3)16-10-8-7-9-11-16/h7-11,18,20H,4-6,12-15H2,1-3H3. The molecule has 0 heterocycles. The van der Waals surface area contributed by atoms with Crippen LogP contribution in [0.5, 0.6) is 0 Å². The lowest BCUT2D eigenvalue weighted by atomic mass is 9.89. The Morgan fingerprint density at radius 2 is 1.65 bits per heavy atom. The molecule has 0 aromatic heterocycles. The molecule has 1 unspecified atom stereocenters. The number of hydrogen-bond donors (Lipinski definition) is 2. The summed E-state index contributed by atoms with van der Waals surface area (Å²) in [5.41, 5.74) is 0.807. The Morgan fingerprint density at radius 1 is 1.05 bits per heavy atom. The molecule has 0 aliphatic heterocycles. The van der Waals surface area contributed by atoms with E-state index >= 15 is 0 Å². The van der Waals surface area contributed by atoms with Gasteiger partial charge in [0.1, 0.15) is 0 Å². The monoisotopic (exact) mass is 278 g/mol. The van der Waals surface area contributed by atoms with Crippen LogP contribution < -0.4 is 5.32 Å². The maximum atomic E-state index is 10.1. The molecular formula is C17H30N2O. The fourth-order valence-corrected chi connectivity index (χ4v) is 2.83. The number of benzene rings is 1. The molecule has 114 valence electrons. The van der Waals surface area contributed by atoms with Crippen molar-refractivity contribution in [1.82, 2.24) is 10.2 Å². The number of aliphatic hydroxyl groups is 1. The van der Waals surface area contributed by atoms with E-state index in [-0.39, 0.29) is 12.1 Å². The van der Waals surface area contributed by atoms with E-state index in [1.807, 2.05) is 18.2 Å². The van der Waals surface area contributed by atoms with Gasteiger partial charge in [-0.1, -0.05) is 51.1 Å². The number of nitrogens with zero attached hydrogens (tertiary/aromatic N) is 1. The smallest absolute Gasteiger partial charge is 0.0797 e. The largest absolute Gasteiger partial charge is 0.394 e. The van der Waals surface area contributed by atoms with Gasteiger partial charge in [-0.25, -0.2) is 0 Å². The molecule has 0 spiro atoms. The molecule has 20 heavy (non-hydrogen) atoms. The highest BCUT2D eigenvalue weighted by Gasteiger charge is 2.32. The molecule has 1 rings (SSSR count). The summed E-state index contributed by atoms with van der Waals surface area (Å²) in [7, 11) is 0. The van der Waals surface area contributed by atoms with Crippen LogP contribution in [-0.2, 0) is 5.54 Å². The minimum atomic E-state index is -0.361. The van der Waals surface area contributed by atoms with E-state index in [0.717, 1.165) is 39.0 Å². The Balaban J connectivity index is 2.97. The Bertz CT molecular complexity index is 349. The van der Waals surface area contributed by atoms with Crippen LogP contribution >= 0.6 is 0 Å². The van der Waals surface area contributed by atoms with Crippen molar-refractivity contribution in [3.63, 3.8) is 0 Å². The lowest BCUT2D eigenvalue weighted by Gasteiger charge is -2.38. The minimum absolute atomic E-state index is 0.120. The van der Waals surface area contributed by atoms with E-state index in [1.54, 1.807) is 0 Å². The molecule has 0 radical (unpaired) electrons. The first-order chi connectivity index (χ1) is 9.72. The third kappa shape index (κ3) is 4.58. The van der Waals surface area contributed by atoms with Crippen LogP contribution in [0.25, 0.3) is 0 Å². The molecule has 2 N–H and O–H groups in total. The zero-order valence-electron chi connectivity index (χ0n) is 13.2. The van der Waals surface area contributed by atoms with Crippen molar-refractivity contribution in [2.24, 2.45) is 0 Å². The van der Waals surface area contributed by atoms with Crippen LogP contribution in [0.15, 0.2) is 30.3 Å². The molecular weight excluding hydrogens is 248 g/mol. The highest BCUT2D eigenvalue weighted by Crippen LogP contribution is 2.22. The summed E-state index contributed by atoms with van der Waals surface area (Å²) in [6, 6.07) is 10.3. The summed E-state index contributed by atoms with van der Waals surface area (Å²) >= 11 is 0. The van der Waals surface area contributed by atoms with Crippen molar-refractivity contribution < 1.29 is 5.11 Å². The average Bonchev–Trinajstić information content (AvgIpc) is 2.48. The second-order valence-electron chi connectivity index (χ2n) is 5.41. The van der Waals surface area contributed by atoms with E-state index in [4.69, 9.17) is 0 Å². The van der Waals surface area contributed by atoms with Crippen LogP contribution in [0.1, 0.15) is 39.2 Å². The van der Waals surface area contributed by atoms with Gasteiger partial charge in [0.15, 0.2) is 0 Å².